The van der Waals surface area contributed by atoms with Crippen molar-refractivity contribution in [1.29, 1.82) is 0 Å². The molecule has 2 amide bonds. The molecule has 5 heteroatoms. The van der Waals surface area contributed by atoms with Crippen LogP contribution in [0.5, 0.6) is 0 Å². The summed E-state index contributed by atoms with van der Waals surface area (Å²) in [6.07, 6.45) is 8.92. The van der Waals surface area contributed by atoms with Gasteiger partial charge in [-0.25, -0.2) is 4.79 Å². The van der Waals surface area contributed by atoms with Gasteiger partial charge in [-0.2, -0.15) is 0 Å². The number of nitrogens with one attached hydrogen (secondary N) is 2. The predicted octanol–water partition coefficient (Wildman–Crippen LogP) is 2.90. The maximum Gasteiger partial charge on any atom is 0.315 e. The van der Waals surface area contributed by atoms with E-state index in [1.165, 1.54) is 25.7 Å². The fourth-order valence-electron chi connectivity index (χ4n) is 3.62. The first-order valence-corrected chi connectivity index (χ1v) is 8.27. The van der Waals surface area contributed by atoms with Crippen molar-refractivity contribution in [2.75, 3.05) is 6.54 Å². The molecule has 1 atom stereocenters. The summed E-state index contributed by atoms with van der Waals surface area (Å²) in [6.45, 7) is 2.53. The van der Waals surface area contributed by atoms with Gasteiger partial charge in [0.15, 0.2) is 0 Å². The third kappa shape index (κ3) is 4.61. The molecule has 2 rings (SSSR count). The van der Waals surface area contributed by atoms with Crippen LogP contribution in [0, 0.1) is 11.3 Å². The Kier molecular flexibility index (Phi) is 5.48. The van der Waals surface area contributed by atoms with Crippen LogP contribution < -0.4 is 10.6 Å². The van der Waals surface area contributed by atoms with E-state index in [4.69, 9.17) is 5.11 Å². The number of carbonyl (C=O) groups is 2. The van der Waals surface area contributed by atoms with Crippen LogP contribution in [-0.4, -0.2) is 29.7 Å². The molecule has 5 nitrogen and oxygen atoms in total. The zero-order valence-electron chi connectivity index (χ0n) is 13.0. The highest BCUT2D eigenvalue weighted by atomic mass is 16.4. The lowest BCUT2D eigenvalue weighted by atomic mass is 9.72. The molecule has 0 aromatic carbocycles. The molecular formula is C16H28N2O3. The van der Waals surface area contributed by atoms with Crippen LogP contribution in [0.1, 0.15) is 64.7 Å². The van der Waals surface area contributed by atoms with Gasteiger partial charge in [0.25, 0.3) is 0 Å². The second kappa shape index (κ2) is 7.14. The average Bonchev–Trinajstić information content (AvgIpc) is 2.34. The van der Waals surface area contributed by atoms with Gasteiger partial charge in [-0.15, -0.1) is 0 Å². The largest absolute Gasteiger partial charge is 0.481 e. The van der Waals surface area contributed by atoms with Crippen molar-refractivity contribution in [2.24, 2.45) is 11.3 Å². The lowest BCUT2D eigenvalue weighted by Crippen LogP contribution is -2.49. The van der Waals surface area contributed by atoms with E-state index in [9.17, 15) is 9.59 Å². The van der Waals surface area contributed by atoms with Crippen molar-refractivity contribution in [3.8, 4) is 0 Å². The summed E-state index contributed by atoms with van der Waals surface area (Å²) in [4.78, 5) is 23.1. The van der Waals surface area contributed by atoms with E-state index >= 15 is 0 Å². The number of amides is 2. The Morgan fingerprint density at radius 1 is 1.19 bits per heavy atom. The lowest BCUT2D eigenvalue weighted by Gasteiger charge is -2.37. The number of rotatable bonds is 6. The minimum atomic E-state index is -0.762. The van der Waals surface area contributed by atoms with Gasteiger partial charge in [0.05, 0.1) is 6.42 Å². The van der Waals surface area contributed by atoms with E-state index in [-0.39, 0.29) is 23.9 Å². The standard InChI is InChI=1S/C16H28N2O3/c1-12(13-6-5-7-13)18-15(21)17-11-16(10-14(19)20)8-3-2-4-9-16/h12-13H,2-11H2,1H3,(H,19,20)(H2,17,18,21). The van der Waals surface area contributed by atoms with E-state index in [0.29, 0.717) is 12.5 Å². The topological polar surface area (TPSA) is 78.4 Å². The number of hydrogen-bond acceptors (Lipinski definition) is 2. The Morgan fingerprint density at radius 3 is 2.38 bits per heavy atom. The summed E-state index contributed by atoms with van der Waals surface area (Å²) in [5, 5.41) is 15.0. The minimum absolute atomic E-state index is 0.148. The van der Waals surface area contributed by atoms with Crippen LogP contribution in [0.15, 0.2) is 0 Å². The van der Waals surface area contributed by atoms with Gasteiger partial charge >= 0.3 is 12.0 Å². The third-order valence-corrected chi connectivity index (χ3v) is 5.28. The first-order chi connectivity index (χ1) is 10.0. The van der Waals surface area contributed by atoms with Gasteiger partial charge in [0.1, 0.15) is 0 Å². The highest BCUT2D eigenvalue weighted by molar-refractivity contribution is 5.74. The molecule has 2 saturated carbocycles. The van der Waals surface area contributed by atoms with Gasteiger partial charge in [-0.1, -0.05) is 25.7 Å². The highest BCUT2D eigenvalue weighted by Gasteiger charge is 2.35. The van der Waals surface area contributed by atoms with Crippen LogP contribution in [0.4, 0.5) is 4.79 Å². The van der Waals surface area contributed by atoms with Crippen molar-refractivity contribution in [2.45, 2.75) is 70.8 Å². The van der Waals surface area contributed by atoms with Crippen molar-refractivity contribution >= 4 is 12.0 Å². The number of carboxylic acids is 1. The summed E-state index contributed by atoms with van der Waals surface area (Å²) in [5.74, 6) is -0.152. The Balaban J connectivity index is 1.79. The molecule has 120 valence electrons. The molecule has 2 fully saturated rings. The van der Waals surface area contributed by atoms with Crippen molar-refractivity contribution in [3.63, 3.8) is 0 Å². The lowest BCUT2D eigenvalue weighted by molar-refractivity contribution is -0.140. The maximum atomic E-state index is 12.0. The molecule has 2 aliphatic rings. The first-order valence-electron chi connectivity index (χ1n) is 8.27. The van der Waals surface area contributed by atoms with Crippen LogP contribution in [0.25, 0.3) is 0 Å². The first kappa shape index (κ1) is 16.1. The zero-order valence-corrected chi connectivity index (χ0v) is 13.0. The summed E-state index contributed by atoms with van der Waals surface area (Å²) < 4.78 is 0. The third-order valence-electron chi connectivity index (χ3n) is 5.28. The molecule has 0 heterocycles. The van der Waals surface area contributed by atoms with Crippen LogP contribution in [0.2, 0.25) is 0 Å². The molecule has 0 aromatic heterocycles. The predicted molar refractivity (Wildman–Crippen MR) is 81.1 cm³/mol. The van der Waals surface area contributed by atoms with E-state index in [0.717, 1.165) is 25.7 Å². The molecule has 3 N–H and O–H groups in total. The summed E-state index contributed by atoms with van der Waals surface area (Å²) >= 11 is 0. The average molecular weight is 296 g/mol. The molecular weight excluding hydrogens is 268 g/mol. The Morgan fingerprint density at radius 2 is 1.86 bits per heavy atom. The number of hydrogen-bond donors (Lipinski definition) is 3. The molecule has 0 saturated heterocycles. The van der Waals surface area contributed by atoms with Gasteiger partial charge in [0, 0.05) is 12.6 Å². The number of aliphatic carboxylic acids is 1. The molecule has 0 bridgehead atoms. The van der Waals surface area contributed by atoms with Crippen molar-refractivity contribution in [1.82, 2.24) is 10.6 Å². The second-order valence-corrected chi connectivity index (χ2v) is 6.94. The normalized spacial score (nSPS) is 22.9. The van der Waals surface area contributed by atoms with Crippen molar-refractivity contribution in [3.05, 3.63) is 0 Å². The van der Waals surface area contributed by atoms with Gasteiger partial charge in [0.2, 0.25) is 0 Å². The number of carboxylic acid groups (broad SMARTS) is 1. The van der Waals surface area contributed by atoms with Crippen LogP contribution in [0.3, 0.4) is 0 Å². The van der Waals surface area contributed by atoms with E-state index in [2.05, 4.69) is 17.6 Å². The van der Waals surface area contributed by atoms with Gasteiger partial charge in [-0.3, -0.25) is 4.79 Å². The Hall–Kier alpha value is -1.26. The van der Waals surface area contributed by atoms with E-state index < -0.39 is 5.97 Å². The Labute approximate surface area is 126 Å². The monoisotopic (exact) mass is 296 g/mol. The maximum absolute atomic E-state index is 12.0. The molecule has 0 aliphatic heterocycles. The zero-order chi connectivity index (χ0) is 15.3. The summed E-state index contributed by atoms with van der Waals surface area (Å²) in [7, 11) is 0. The SMILES string of the molecule is CC(NC(=O)NCC1(CC(=O)O)CCCCC1)C1CCC1. The van der Waals surface area contributed by atoms with Crippen LogP contribution in [-0.2, 0) is 4.79 Å². The smallest absolute Gasteiger partial charge is 0.315 e. The molecule has 21 heavy (non-hydrogen) atoms. The van der Waals surface area contributed by atoms with Gasteiger partial charge < -0.3 is 15.7 Å². The fourth-order valence-corrected chi connectivity index (χ4v) is 3.62. The van der Waals surface area contributed by atoms with Crippen molar-refractivity contribution < 1.29 is 14.7 Å². The van der Waals surface area contributed by atoms with Gasteiger partial charge in [-0.05, 0) is 43.9 Å². The molecule has 0 radical (unpaired) electrons. The molecule has 2 aliphatic carbocycles. The molecule has 0 aromatic rings. The number of urea groups is 1. The number of carbonyl (C=O) groups excluding carboxylic acids is 1. The fraction of sp³-hybridized carbons (Fsp3) is 0.875. The summed E-state index contributed by atoms with van der Waals surface area (Å²) in [5.41, 5.74) is -0.249. The molecule has 0 spiro atoms. The highest BCUT2D eigenvalue weighted by Crippen LogP contribution is 2.38. The van der Waals surface area contributed by atoms with Crippen LogP contribution >= 0.6 is 0 Å². The quantitative estimate of drug-likeness (QED) is 0.705. The van der Waals surface area contributed by atoms with E-state index in [1.807, 2.05) is 0 Å². The summed E-state index contributed by atoms with van der Waals surface area (Å²) in [6, 6.07) is 0.0604. The Bertz CT molecular complexity index is 374. The van der Waals surface area contributed by atoms with E-state index in [1.54, 1.807) is 0 Å². The second-order valence-electron chi connectivity index (χ2n) is 6.94. The molecule has 1 unspecified atom stereocenters. The minimum Gasteiger partial charge on any atom is -0.481 e.